The highest BCUT2D eigenvalue weighted by molar-refractivity contribution is 5.92. The highest BCUT2D eigenvalue weighted by atomic mass is 16.7. The first-order valence-electron chi connectivity index (χ1n) is 10.6. The highest BCUT2D eigenvalue weighted by Crippen LogP contribution is 2.37. The van der Waals surface area contributed by atoms with E-state index in [2.05, 4.69) is 4.74 Å². The van der Waals surface area contributed by atoms with Crippen molar-refractivity contribution in [1.29, 1.82) is 0 Å². The normalized spacial score (nSPS) is 23.6. The maximum atomic E-state index is 12.8. The predicted molar refractivity (Wildman–Crippen MR) is 118 cm³/mol. The first-order chi connectivity index (χ1) is 17.1. The quantitative estimate of drug-likeness (QED) is 0.191. The minimum absolute atomic E-state index is 0.00165. The third-order valence-corrected chi connectivity index (χ3v) is 5.41. The minimum Gasteiger partial charge on any atom is -0.508 e. The van der Waals surface area contributed by atoms with E-state index in [1.807, 2.05) is 0 Å². The molecule has 0 bridgehead atoms. The van der Waals surface area contributed by atoms with Gasteiger partial charge < -0.3 is 54.3 Å². The number of carbonyl (C=O) groups is 2. The molecular formula is C23H26O13. The van der Waals surface area contributed by atoms with Crippen LogP contribution in [-0.4, -0.2) is 94.1 Å². The first kappa shape index (κ1) is 27.0. The molecular weight excluding hydrogens is 484 g/mol. The van der Waals surface area contributed by atoms with E-state index in [0.29, 0.717) is 0 Å². The summed E-state index contributed by atoms with van der Waals surface area (Å²) >= 11 is 0. The molecule has 3 rings (SSSR count). The van der Waals surface area contributed by atoms with Crippen molar-refractivity contribution in [3.05, 3.63) is 41.5 Å². The molecule has 1 aliphatic rings. The summed E-state index contributed by atoms with van der Waals surface area (Å²) in [5.74, 6) is -2.98. The molecule has 2 aromatic carbocycles. The maximum Gasteiger partial charge on any atom is 0.343 e. The van der Waals surface area contributed by atoms with Crippen LogP contribution in [0.4, 0.5) is 0 Å². The van der Waals surface area contributed by atoms with E-state index in [1.54, 1.807) is 0 Å². The third kappa shape index (κ3) is 5.78. The Labute approximate surface area is 204 Å². The number of hydrogen-bond acceptors (Lipinski definition) is 13. The van der Waals surface area contributed by atoms with Crippen molar-refractivity contribution >= 4 is 11.9 Å². The number of aliphatic hydroxyl groups is 4. The molecule has 0 amide bonds. The van der Waals surface area contributed by atoms with Crippen molar-refractivity contribution in [2.75, 3.05) is 20.8 Å². The number of carbonyl (C=O) groups excluding carboxylic acids is 2. The molecule has 1 fully saturated rings. The van der Waals surface area contributed by atoms with E-state index in [4.69, 9.17) is 18.9 Å². The number of aromatic hydroxyl groups is 2. The number of phenols is 2. The monoisotopic (exact) mass is 510 g/mol. The molecule has 0 radical (unpaired) electrons. The highest BCUT2D eigenvalue weighted by Gasteiger charge is 2.45. The lowest BCUT2D eigenvalue weighted by Crippen LogP contribution is -2.60. The number of aliphatic hydroxyl groups excluding tert-OH is 4. The van der Waals surface area contributed by atoms with Crippen LogP contribution < -0.4 is 14.2 Å². The zero-order valence-electron chi connectivity index (χ0n) is 19.2. The van der Waals surface area contributed by atoms with Crippen molar-refractivity contribution in [3.63, 3.8) is 0 Å². The Morgan fingerprint density at radius 3 is 2.28 bits per heavy atom. The standard InChI is InChI=1S/C23H26O13/c1-32-16-5-10(3-4-13(16)26)22(31)34-14-6-11(25)7-15(12(14)8-18(27)33-2)35-23-21(30)20(29)19(28)17(9-24)36-23/h3-7,17,19-21,23-26,28-30H,8-9H2,1-2H3/t17-,19-,20+,21-,23-/m1/s1. The zero-order valence-corrected chi connectivity index (χ0v) is 19.2. The largest absolute Gasteiger partial charge is 0.508 e. The lowest BCUT2D eigenvalue weighted by molar-refractivity contribution is -0.277. The van der Waals surface area contributed by atoms with Gasteiger partial charge in [0.25, 0.3) is 0 Å². The second kappa shape index (κ2) is 11.4. The van der Waals surface area contributed by atoms with Gasteiger partial charge in [0.2, 0.25) is 6.29 Å². The number of esters is 2. The summed E-state index contributed by atoms with van der Waals surface area (Å²) in [6, 6.07) is 5.76. The second-order valence-corrected chi connectivity index (χ2v) is 7.76. The van der Waals surface area contributed by atoms with E-state index >= 15 is 0 Å². The van der Waals surface area contributed by atoms with E-state index in [0.717, 1.165) is 19.2 Å². The van der Waals surface area contributed by atoms with Gasteiger partial charge >= 0.3 is 11.9 Å². The number of phenolic OH excluding ortho intramolecular Hbond substituents is 2. The maximum absolute atomic E-state index is 12.8. The molecule has 0 spiro atoms. The van der Waals surface area contributed by atoms with Crippen LogP contribution in [-0.2, 0) is 20.7 Å². The lowest BCUT2D eigenvalue weighted by Gasteiger charge is -2.39. The average Bonchev–Trinajstić information content (AvgIpc) is 2.86. The average molecular weight is 510 g/mol. The summed E-state index contributed by atoms with van der Waals surface area (Å²) in [7, 11) is 2.41. The molecule has 1 saturated heterocycles. The Hall–Kier alpha value is -3.62. The van der Waals surface area contributed by atoms with Gasteiger partial charge in [-0.25, -0.2) is 4.79 Å². The molecule has 6 N–H and O–H groups in total. The van der Waals surface area contributed by atoms with Gasteiger partial charge in [0.15, 0.2) is 11.5 Å². The Morgan fingerprint density at radius 1 is 0.944 bits per heavy atom. The van der Waals surface area contributed by atoms with Crippen molar-refractivity contribution in [2.24, 2.45) is 0 Å². The molecule has 13 heteroatoms. The van der Waals surface area contributed by atoms with Crippen LogP contribution in [0.1, 0.15) is 15.9 Å². The number of ether oxygens (including phenoxy) is 5. The van der Waals surface area contributed by atoms with Crippen LogP contribution in [0, 0.1) is 0 Å². The Bertz CT molecular complexity index is 1100. The Morgan fingerprint density at radius 2 is 1.64 bits per heavy atom. The van der Waals surface area contributed by atoms with Gasteiger partial charge in [-0.05, 0) is 18.2 Å². The molecule has 0 aromatic heterocycles. The SMILES string of the molecule is COC(=O)Cc1c(OC(=O)c2ccc(O)c(OC)c2)cc(O)cc1O[C@@H]1O[C@H](CO)[C@@H](O)[C@H](O)[C@H]1O. The fraction of sp³-hybridized carbons (Fsp3) is 0.391. The summed E-state index contributed by atoms with van der Waals surface area (Å²) in [6.45, 7) is -0.710. The molecule has 2 aromatic rings. The van der Waals surface area contributed by atoms with E-state index in [9.17, 15) is 40.2 Å². The van der Waals surface area contributed by atoms with Crippen LogP contribution >= 0.6 is 0 Å². The van der Waals surface area contributed by atoms with Gasteiger partial charge in [0.05, 0.1) is 32.8 Å². The molecule has 1 heterocycles. The van der Waals surface area contributed by atoms with Crippen LogP contribution in [0.25, 0.3) is 0 Å². The third-order valence-electron chi connectivity index (χ3n) is 5.41. The van der Waals surface area contributed by atoms with Crippen LogP contribution in [0.3, 0.4) is 0 Å². The zero-order chi connectivity index (χ0) is 26.6. The van der Waals surface area contributed by atoms with Crippen molar-refractivity contribution in [1.82, 2.24) is 0 Å². The fourth-order valence-corrected chi connectivity index (χ4v) is 3.45. The van der Waals surface area contributed by atoms with Gasteiger partial charge in [-0.3, -0.25) is 4.79 Å². The van der Waals surface area contributed by atoms with Gasteiger partial charge in [-0.15, -0.1) is 0 Å². The summed E-state index contributed by atoms with van der Waals surface area (Å²) in [4.78, 5) is 24.9. The van der Waals surface area contributed by atoms with Gasteiger partial charge in [-0.1, -0.05) is 0 Å². The van der Waals surface area contributed by atoms with Gasteiger partial charge in [0.1, 0.15) is 41.7 Å². The molecule has 0 aliphatic carbocycles. The first-order valence-corrected chi connectivity index (χ1v) is 10.6. The summed E-state index contributed by atoms with van der Waals surface area (Å²) in [6.07, 6.45) is -8.61. The Kier molecular flexibility index (Phi) is 8.55. The van der Waals surface area contributed by atoms with E-state index in [1.165, 1.54) is 25.3 Å². The summed E-state index contributed by atoms with van der Waals surface area (Å²) in [5, 5.41) is 59.6. The minimum atomic E-state index is -1.79. The molecule has 196 valence electrons. The smallest absolute Gasteiger partial charge is 0.343 e. The van der Waals surface area contributed by atoms with Crippen molar-refractivity contribution < 1.29 is 63.9 Å². The van der Waals surface area contributed by atoms with E-state index in [-0.39, 0.29) is 34.1 Å². The molecule has 5 atom stereocenters. The number of benzene rings is 2. The number of methoxy groups -OCH3 is 2. The topological polar surface area (TPSA) is 202 Å². The molecule has 1 aliphatic heterocycles. The number of hydrogen-bond donors (Lipinski definition) is 6. The molecule has 36 heavy (non-hydrogen) atoms. The van der Waals surface area contributed by atoms with E-state index < -0.39 is 61.4 Å². The predicted octanol–water partition coefficient (Wildman–Crippen LogP) is -0.780. The Balaban J connectivity index is 1.98. The van der Waals surface area contributed by atoms with Crippen LogP contribution in [0.2, 0.25) is 0 Å². The summed E-state index contributed by atoms with van der Waals surface area (Å²) in [5.41, 5.74) is -0.121. The van der Waals surface area contributed by atoms with Crippen LogP contribution in [0.5, 0.6) is 28.7 Å². The molecule has 13 nitrogen and oxygen atoms in total. The second-order valence-electron chi connectivity index (χ2n) is 7.76. The summed E-state index contributed by atoms with van der Waals surface area (Å²) < 4.78 is 25.9. The molecule has 0 saturated carbocycles. The van der Waals surface area contributed by atoms with Gasteiger partial charge in [0, 0.05) is 17.7 Å². The van der Waals surface area contributed by atoms with Crippen molar-refractivity contribution in [3.8, 4) is 28.7 Å². The molecule has 0 unspecified atom stereocenters. The van der Waals surface area contributed by atoms with Crippen molar-refractivity contribution in [2.45, 2.75) is 37.1 Å². The number of rotatable bonds is 8. The van der Waals surface area contributed by atoms with Gasteiger partial charge in [-0.2, -0.15) is 0 Å². The lowest BCUT2D eigenvalue weighted by atomic mass is 9.99. The van der Waals surface area contributed by atoms with Crippen LogP contribution in [0.15, 0.2) is 30.3 Å². The fourth-order valence-electron chi connectivity index (χ4n) is 3.45.